The topological polar surface area (TPSA) is 70.7 Å². The molecule has 1 atom stereocenters. The first kappa shape index (κ1) is 17.3. The molecule has 2 amide bonds. The fraction of sp³-hybridized carbons (Fsp3) is 0.429. The van der Waals surface area contributed by atoms with Gasteiger partial charge in [-0.3, -0.25) is 9.59 Å². The van der Waals surface area contributed by atoms with Gasteiger partial charge >= 0.3 is 0 Å². The van der Waals surface area contributed by atoms with E-state index < -0.39 is 6.04 Å². The van der Waals surface area contributed by atoms with Crippen LogP contribution in [0.5, 0.6) is 5.75 Å². The van der Waals surface area contributed by atoms with Gasteiger partial charge in [0.2, 0.25) is 11.8 Å². The number of likely N-dealkylation sites (N-methyl/N-ethyl adjacent to an activating group) is 1. The van der Waals surface area contributed by atoms with Gasteiger partial charge in [-0.05, 0) is 12.1 Å². The van der Waals surface area contributed by atoms with Crippen LogP contribution in [-0.2, 0) is 9.59 Å². The number of rotatable bonds is 4. The second-order valence-electron chi connectivity index (χ2n) is 4.75. The van der Waals surface area contributed by atoms with Crippen LogP contribution in [0.2, 0.25) is 0 Å². The summed E-state index contributed by atoms with van der Waals surface area (Å²) in [4.78, 5) is 25.5. The first-order valence-electron chi connectivity index (χ1n) is 6.52. The number of methoxy groups -OCH3 is 1. The lowest BCUT2D eigenvalue weighted by molar-refractivity contribution is -0.136. The van der Waals surface area contributed by atoms with Crippen LogP contribution < -0.4 is 15.4 Å². The quantitative estimate of drug-likeness (QED) is 0.865. The summed E-state index contributed by atoms with van der Waals surface area (Å²) < 4.78 is 5.09. The Hall–Kier alpha value is -1.79. The Morgan fingerprint density at radius 2 is 2.29 bits per heavy atom. The molecule has 0 radical (unpaired) electrons. The molecule has 1 unspecified atom stereocenters. The molecule has 1 heterocycles. The normalized spacial score (nSPS) is 17.9. The monoisotopic (exact) mass is 313 g/mol. The number of nitrogens with one attached hydrogen (secondary N) is 2. The van der Waals surface area contributed by atoms with Crippen molar-refractivity contribution in [2.45, 2.75) is 12.5 Å². The van der Waals surface area contributed by atoms with Crippen molar-refractivity contribution >= 4 is 29.9 Å². The van der Waals surface area contributed by atoms with Crippen molar-refractivity contribution in [1.82, 2.24) is 10.2 Å². The van der Waals surface area contributed by atoms with Crippen molar-refractivity contribution in [2.24, 2.45) is 0 Å². The van der Waals surface area contributed by atoms with Gasteiger partial charge in [-0.2, -0.15) is 0 Å². The van der Waals surface area contributed by atoms with E-state index in [0.29, 0.717) is 24.5 Å². The summed E-state index contributed by atoms with van der Waals surface area (Å²) in [6.07, 6.45) is 0.125. The maximum atomic E-state index is 12.0. The predicted octanol–water partition coefficient (Wildman–Crippen LogP) is 0.876. The van der Waals surface area contributed by atoms with Crippen molar-refractivity contribution in [3.05, 3.63) is 24.3 Å². The summed E-state index contributed by atoms with van der Waals surface area (Å²) in [5.74, 6) is 0.436. The third kappa shape index (κ3) is 4.61. The summed E-state index contributed by atoms with van der Waals surface area (Å²) >= 11 is 0. The highest BCUT2D eigenvalue weighted by molar-refractivity contribution is 5.95. The van der Waals surface area contributed by atoms with Crippen LogP contribution in [0.25, 0.3) is 0 Å². The largest absolute Gasteiger partial charge is 0.497 e. The van der Waals surface area contributed by atoms with Crippen molar-refractivity contribution in [3.63, 3.8) is 0 Å². The van der Waals surface area contributed by atoms with E-state index in [4.69, 9.17) is 4.74 Å². The standard InChI is InChI=1S/C14H19N3O3.ClH/c1-17-7-6-15-12(14(17)19)9-13(18)16-10-4-3-5-11(8-10)20-2;/h3-5,8,12,15H,6-7,9H2,1-2H3,(H,16,18);1H. The number of benzene rings is 1. The predicted molar refractivity (Wildman–Crippen MR) is 82.9 cm³/mol. The minimum atomic E-state index is -0.445. The van der Waals surface area contributed by atoms with Crippen LogP contribution in [0.4, 0.5) is 5.69 Å². The van der Waals surface area contributed by atoms with Crippen LogP contribution >= 0.6 is 12.4 Å². The molecular weight excluding hydrogens is 294 g/mol. The highest BCUT2D eigenvalue weighted by Crippen LogP contribution is 2.17. The number of carbonyl (C=O) groups is 2. The molecule has 116 valence electrons. The van der Waals surface area contributed by atoms with E-state index in [1.807, 2.05) is 0 Å². The molecule has 2 N–H and O–H groups in total. The zero-order valence-corrected chi connectivity index (χ0v) is 12.9. The molecule has 21 heavy (non-hydrogen) atoms. The summed E-state index contributed by atoms with van der Waals surface area (Å²) in [7, 11) is 3.32. The van der Waals surface area contributed by atoms with E-state index in [-0.39, 0.29) is 30.6 Å². The summed E-state index contributed by atoms with van der Waals surface area (Å²) in [6, 6.07) is 6.67. The molecule has 1 aliphatic heterocycles. The van der Waals surface area contributed by atoms with E-state index >= 15 is 0 Å². The minimum absolute atomic E-state index is 0. The molecule has 7 heteroatoms. The van der Waals surface area contributed by atoms with E-state index in [1.165, 1.54) is 0 Å². The average Bonchev–Trinajstić information content (AvgIpc) is 2.44. The third-order valence-electron chi connectivity index (χ3n) is 3.26. The first-order valence-corrected chi connectivity index (χ1v) is 6.52. The second kappa shape index (κ2) is 7.85. The SMILES string of the molecule is COc1cccc(NC(=O)CC2NCCN(C)C2=O)c1.Cl. The Kier molecular flexibility index (Phi) is 6.45. The number of amides is 2. The van der Waals surface area contributed by atoms with Crippen molar-refractivity contribution < 1.29 is 14.3 Å². The van der Waals surface area contributed by atoms with Gasteiger partial charge in [-0.25, -0.2) is 0 Å². The Bertz CT molecular complexity index is 510. The highest BCUT2D eigenvalue weighted by atomic mass is 35.5. The molecule has 1 fully saturated rings. The summed E-state index contributed by atoms with van der Waals surface area (Å²) in [6.45, 7) is 1.38. The van der Waals surface area contributed by atoms with Crippen LogP contribution in [0.1, 0.15) is 6.42 Å². The van der Waals surface area contributed by atoms with Crippen LogP contribution in [0.15, 0.2) is 24.3 Å². The van der Waals surface area contributed by atoms with E-state index in [1.54, 1.807) is 43.3 Å². The summed E-state index contributed by atoms with van der Waals surface area (Å²) in [5.41, 5.74) is 0.658. The maximum absolute atomic E-state index is 12.0. The molecule has 1 aliphatic rings. The van der Waals surface area contributed by atoms with E-state index in [2.05, 4.69) is 10.6 Å². The van der Waals surface area contributed by atoms with Crippen molar-refractivity contribution in [2.75, 3.05) is 32.6 Å². The number of halogens is 1. The molecule has 1 aromatic rings. The molecule has 0 spiro atoms. The van der Waals surface area contributed by atoms with Gasteiger partial charge in [-0.15, -0.1) is 12.4 Å². The Labute approximate surface area is 130 Å². The number of anilines is 1. The zero-order chi connectivity index (χ0) is 14.5. The number of ether oxygens (including phenoxy) is 1. The van der Waals surface area contributed by atoms with Gasteiger partial charge in [0, 0.05) is 31.9 Å². The van der Waals surface area contributed by atoms with Crippen LogP contribution in [0, 0.1) is 0 Å². The second-order valence-corrected chi connectivity index (χ2v) is 4.75. The number of piperazine rings is 1. The molecule has 0 bridgehead atoms. The molecule has 6 nitrogen and oxygen atoms in total. The maximum Gasteiger partial charge on any atom is 0.240 e. The third-order valence-corrected chi connectivity index (χ3v) is 3.26. The van der Waals surface area contributed by atoms with E-state index in [9.17, 15) is 9.59 Å². The molecule has 1 saturated heterocycles. The van der Waals surface area contributed by atoms with Gasteiger partial charge in [0.1, 0.15) is 5.75 Å². The van der Waals surface area contributed by atoms with Crippen LogP contribution in [0.3, 0.4) is 0 Å². The number of hydrogen-bond donors (Lipinski definition) is 2. The number of hydrogen-bond acceptors (Lipinski definition) is 4. The van der Waals surface area contributed by atoms with Gasteiger partial charge in [0.25, 0.3) is 0 Å². The van der Waals surface area contributed by atoms with E-state index in [0.717, 1.165) is 0 Å². The summed E-state index contributed by atoms with van der Waals surface area (Å²) in [5, 5.41) is 5.83. The smallest absolute Gasteiger partial charge is 0.240 e. The van der Waals surface area contributed by atoms with Gasteiger partial charge < -0.3 is 20.3 Å². The number of nitrogens with zero attached hydrogens (tertiary/aromatic N) is 1. The first-order chi connectivity index (χ1) is 9.60. The average molecular weight is 314 g/mol. The minimum Gasteiger partial charge on any atom is -0.497 e. The zero-order valence-electron chi connectivity index (χ0n) is 12.1. The lowest BCUT2D eigenvalue weighted by Gasteiger charge is -2.29. The molecular formula is C14H20ClN3O3. The van der Waals surface area contributed by atoms with Gasteiger partial charge in [-0.1, -0.05) is 6.07 Å². The Balaban J connectivity index is 0.00000220. The highest BCUT2D eigenvalue weighted by Gasteiger charge is 2.27. The lowest BCUT2D eigenvalue weighted by Crippen LogP contribution is -2.54. The fourth-order valence-electron chi connectivity index (χ4n) is 2.13. The molecule has 0 aromatic heterocycles. The molecule has 2 rings (SSSR count). The molecule has 0 aliphatic carbocycles. The molecule has 0 saturated carbocycles. The molecule has 1 aromatic carbocycles. The van der Waals surface area contributed by atoms with Crippen molar-refractivity contribution in [1.29, 1.82) is 0 Å². The van der Waals surface area contributed by atoms with Gasteiger partial charge in [0.15, 0.2) is 0 Å². The van der Waals surface area contributed by atoms with Gasteiger partial charge in [0.05, 0.1) is 19.6 Å². The fourth-order valence-corrected chi connectivity index (χ4v) is 2.13. The lowest BCUT2D eigenvalue weighted by atomic mass is 10.1. The Morgan fingerprint density at radius 3 is 3.00 bits per heavy atom. The van der Waals surface area contributed by atoms with Crippen LogP contribution in [-0.4, -0.2) is 50.0 Å². The number of carbonyl (C=O) groups excluding carboxylic acids is 2. The Morgan fingerprint density at radius 1 is 1.52 bits per heavy atom. The van der Waals surface area contributed by atoms with Crippen molar-refractivity contribution in [3.8, 4) is 5.75 Å².